The van der Waals surface area contributed by atoms with Crippen LogP contribution in [0.15, 0.2) is 66.0 Å². The Morgan fingerprint density at radius 1 is 1.00 bits per heavy atom. The van der Waals surface area contributed by atoms with Gasteiger partial charge in [0.25, 0.3) is 15.9 Å². The molecule has 2 aromatic carbocycles. The van der Waals surface area contributed by atoms with Crippen LogP contribution in [0.1, 0.15) is 16.1 Å². The van der Waals surface area contributed by atoms with E-state index in [9.17, 15) is 18.3 Å². The molecule has 0 radical (unpaired) electrons. The van der Waals surface area contributed by atoms with Gasteiger partial charge in [-0.25, -0.2) is 13.4 Å². The van der Waals surface area contributed by atoms with Gasteiger partial charge in [-0.2, -0.15) is 4.31 Å². The second-order valence-corrected chi connectivity index (χ2v) is 10.5. The third kappa shape index (κ3) is 4.65. The van der Waals surface area contributed by atoms with E-state index in [1.54, 1.807) is 47.5 Å². The summed E-state index contributed by atoms with van der Waals surface area (Å²) in [7, 11) is -3.83. The molecule has 0 atom stereocenters. The van der Waals surface area contributed by atoms with E-state index in [0.717, 1.165) is 11.1 Å². The van der Waals surface area contributed by atoms with Crippen molar-refractivity contribution in [2.75, 3.05) is 26.2 Å². The number of aromatic nitrogens is 3. The van der Waals surface area contributed by atoms with E-state index in [-0.39, 0.29) is 43.8 Å². The Hall–Kier alpha value is -3.31. The molecule has 4 aromatic rings. The van der Waals surface area contributed by atoms with Crippen molar-refractivity contribution >= 4 is 38.6 Å². The number of nitrogens with one attached hydrogen (secondary N) is 1. The molecule has 0 saturated carbocycles. The number of benzene rings is 2. The SMILES string of the molecule is O=C(c1ccc(-c2ccnc(CO)c2)cc1)N1CCN(S(=O)(=O)c2nc3ccc(Cl)cc3[nH]2)CC1. The number of aliphatic hydroxyl groups is 1. The number of nitrogens with zero attached hydrogens (tertiary/aromatic N) is 4. The monoisotopic (exact) mass is 511 g/mol. The minimum atomic E-state index is -3.83. The number of amides is 1. The molecule has 0 spiro atoms. The number of hydrogen-bond donors (Lipinski definition) is 2. The van der Waals surface area contributed by atoms with Crippen LogP contribution in [-0.2, 0) is 16.6 Å². The van der Waals surface area contributed by atoms with Crippen LogP contribution in [0.4, 0.5) is 0 Å². The largest absolute Gasteiger partial charge is 0.390 e. The second kappa shape index (κ2) is 9.38. The number of pyridine rings is 1. The average Bonchev–Trinajstić information content (AvgIpc) is 3.33. The number of halogens is 1. The predicted molar refractivity (Wildman–Crippen MR) is 131 cm³/mol. The van der Waals surface area contributed by atoms with Crippen LogP contribution in [0.2, 0.25) is 5.02 Å². The number of aromatic amines is 1. The van der Waals surface area contributed by atoms with Gasteiger partial charge in [-0.1, -0.05) is 23.7 Å². The molecule has 0 bridgehead atoms. The number of hydrogen-bond acceptors (Lipinski definition) is 6. The molecule has 5 rings (SSSR count). The molecule has 9 nitrogen and oxygen atoms in total. The van der Waals surface area contributed by atoms with E-state index in [1.165, 1.54) is 4.31 Å². The Bertz CT molecular complexity index is 1500. The summed E-state index contributed by atoms with van der Waals surface area (Å²) in [5.74, 6) is -0.155. The highest BCUT2D eigenvalue weighted by Crippen LogP contribution is 2.23. The van der Waals surface area contributed by atoms with E-state index in [2.05, 4.69) is 15.0 Å². The number of rotatable bonds is 5. The first kappa shape index (κ1) is 23.4. The van der Waals surface area contributed by atoms with Crippen molar-refractivity contribution in [2.24, 2.45) is 0 Å². The lowest BCUT2D eigenvalue weighted by molar-refractivity contribution is 0.0697. The zero-order chi connectivity index (χ0) is 24.6. The van der Waals surface area contributed by atoms with Gasteiger partial charge in [0, 0.05) is 43.0 Å². The fraction of sp³-hybridized carbons (Fsp3) is 0.208. The lowest BCUT2D eigenvalue weighted by atomic mass is 10.0. The highest BCUT2D eigenvalue weighted by molar-refractivity contribution is 7.89. The number of H-pyrrole nitrogens is 1. The van der Waals surface area contributed by atoms with Crippen LogP contribution in [0.25, 0.3) is 22.2 Å². The minimum absolute atomic E-state index is 0.134. The Morgan fingerprint density at radius 2 is 1.74 bits per heavy atom. The van der Waals surface area contributed by atoms with Gasteiger partial charge in [0.2, 0.25) is 5.16 Å². The van der Waals surface area contributed by atoms with Gasteiger partial charge in [-0.15, -0.1) is 0 Å². The van der Waals surface area contributed by atoms with Crippen LogP contribution < -0.4 is 0 Å². The predicted octanol–water partition coefficient (Wildman–Crippen LogP) is 2.92. The van der Waals surface area contributed by atoms with E-state index >= 15 is 0 Å². The molecular formula is C24H22ClN5O4S. The van der Waals surface area contributed by atoms with E-state index in [4.69, 9.17) is 11.6 Å². The quantitative estimate of drug-likeness (QED) is 0.425. The molecule has 11 heteroatoms. The Balaban J connectivity index is 1.26. The van der Waals surface area contributed by atoms with Crippen molar-refractivity contribution < 1.29 is 18.3 Å². The number of sulfonamides is 1. The summed E-state index contributed by atoms with van der Waals surface area (Å²) in [6, 6.07) is 15.8. The third-order valence-electron chi connectivity index (χ3n) is 5.98. The lowest BCUT2D eigenvalue weighted by Crippen LogP contribution is -2.50. The van der Waals surface area contributed by atoms with Crippen LogP contribution >= 0.6 is 11.6 Å². The summed E-state index contributed by atoms with van der Waals surface area (Å²) in [6.45, 7) is 0.749. The zero-order valence-electron chi connectivity index (χ0n) is 18.6. The van der Waals surface area contributed by atoms with E-state index < -0.39 is 10.0 Å². The van der Waals surface area contributed by atoms with Crippen LogP contribution in [-0.4, -0.2) is 69.8 Å². The maximum atomic E-state index is 13.1. The standard InChI is InChI=1S/C24H22ClN5O4S/c25-19-5-6-21-22(14-19)28-24(27-21)35(33,34)30-11-9-29(10-12-30)23(32)17-3-1-16(2-4-17)18-7-8-26-20(13-18)15-31/h1-8,13-14,31H,9-12,15H2,(H,27,28). The molecule has 1 amide bonds. The fourth-order valence-corrected chi connectivity index (χ4v) is 5.58. The van der Waals surface area contributed by atoms with Crippen molar-refractivity contribution in [1.29, 1.82) is 0 Å². The number of carbonyl (C=O) groups is 1. The summed E-state index contributed by atoms with van der Waals surface area (Å²) in [5.41, 5.74) is 3.96. The first-order valence-electron chi connectivity index (χ1n) is 11.0. The molecular weight excluding hydrogens is 490 g/mol. The summed E-state index contributed by atoms with van der Waals surface area (Å²) < 4.78 is 27.5. The lowest BCUT2D eigenvalue weighted by Gasteiger charge is -2.33. The van der Waals surface area contributed by atoms with Gasteiger partial charge in [0.05, 0.1) is 23.3 Å². The van der Waals surface area contributed by atoms with Crippen molar-refractivity contribution in [1.82, 2.24) is 24.2 Å². The molecule has 1 aliphatic rings. The molecule has 0 aliphatic carbocycles. The van der Waals surface area contributed by atoms with Crippen molar-refractivity contribution in [3.63, 3.8) is 0 Å². The smallest absolute Gasteiger partial charge is 0.276 e. The number of carbonyl (C=O) groups excluding carboxylic acids is 1. The van der Waals surface area contributed by atoms with Gasteiger partial charge < -0.3 is 15.0 Å². The van der Waals surface area contributed by atoms with E-state index in [0.29, 0.717) is 27.3 Å². The van der Waals surface area contributed by atoms with Crippen molar-refractivity contribution in [3.05, 3.63) is 77.1 Å². The number of fused-ring (bicyclic) bond motifs is 1. The molecule has 2 aromatic heterocycles. The molecule has 1 aliphatic heterocycles. The summed E-state index contributed by atoms with van der Waals surface area (Å²) in [5, 5.41) is 9.64. The summed E-state index contributed by atoms with van der Waals surface area (Å²) in [6.07, 6.45) is 1.63. The van der Waals surface area contributed by atoms with Gasteiger partial charge in [-0.05, 0) is 53.6 Å². The average molecular weight is 512 g/mol. The number of piperazine rings is 1. The zero-order valence-corrected chi connectivity index (χ0v) is 20.1. The van der Waals surface area contributed by atoms with Gasteiger partial charge in [0.15, 0.2) is 0 Å². The van der Waals surface area contributed by atoms with Gasteiger partial charge in [0.1, 0.15) is 0 Å². The Labute approximate surface area is 207 Å². The first-order valence-corrected chi connectivity index (χ1v) is 12.8. The normalized spacial score (nSPS) is 15.0. The summed E-state index contributed by atoms with van der Waals surface area (Å²) in [4.78, 5) is 25.8. The molecule has 180 valence electrons. The molecule has 1 saturated heterocycles. The molecule has 3 heterocycles. The molecule has 2 N–H and O–H groups in total. The third-order valence-corrected chi connectivity index (χ3v) is 7.94. The number of aliphatic hydroxyl groups excluding tert-OH is 1. The Morgan fingerprint density at radius 3 is 2.46 bits per heavy atom. The van der Waals surface area contributed by atoms with Crippen molar-refractivity contribution in [2.45, 2.75) is 11.8 Å². The Kier molecular flexibility index (Phi) is 6.28. The maximum Gasteiger partial charge on any atom is 0.276 e. The van der Waals surface area contributed by atoms with Crippen LogP contribution in [0.3, 0.4) is 0 Å². The summed E-state index contributed by atoms with van der Waals surface area (Å²) >= 11 is 5.98. The van der Waals surface area contributed by atoms with Gasteiger partial charge >= 0.3 is 0 Å². The maximum absolute atomic E-state index is 13.1. The minimum Gasteiger partial charge on any atom is -0.390 e. The molecule has 1 fully saturated rings. The number of imidazole rings is 1. The van der Waals surface area contributed by atoms with Crippen LogP contribution in [0.5, 0.6) is 0 Å². The fourth-order valence-electron chi connectivity index (χ4n) is 4.07. The second-order valence-electron chi connectivity index (χ2n) is 8.17. The molecule has 0 unspecified atom stereocenters. The highest BCUT2D eigenvalue weighted by Gasteiger charge is 2.32. The topological polar surface area (TPSA) is 119 Å². The van der Waals surface area contributed by atoms with Crippen LogP contribution in [0, 0.1) is 0 Å². The first-order chi connectivity index (χ1) is 16.8. The van der Waals surface area contributed by atoms with Crippen molar-refractivity contribution in [3.8, 4) is 11.1 Å². The highest BCUT2D eigenvalue weighted by atomic mass is 35.5. The molecule has 35 heavy (non-hydrogen) atoms. The van der Waals surface area contributed by atoms with Gasteiger partial charge in [-0.3, -0.25) is 9.78 Å². The van der Waals surface area contributed by atoms with E-state index in [1.807, 2.05) is 18.2 Å².